The summed E-state index contributed by atoms with van der Waals surface area (Å²) in [5, 5.41) is 15.9. The quantitative estimate of drug-likeness (QED) is 0.871. The summed E-state index contributed by atoms with van der Waals surface area (Å²) < 4.78 is 1.11. The van der Waals surface area contributed by atoms with Crippen molar-refractivity contribution in [3.63, 3.8) is 0 Å². The molecule has 0 radical (unpaired) electrons. The van der Waals surface area contributed by atoms with Gasteiger partial charge in [-0.2, -0.15) is 0 Å². The molecule has 0 saturated heterocycles. The van der Waals surface area contributed by atoms with E-state index in [1.54, 1.807) is 19.2 Å². The fourth-order valence-corrected chi connectivity index (χ4v) is 1.55. The molecule has 0 bridgehead atoms. The number of para-hydroxylation sites is 1. The average Bonchev–Trinajstić information content (AvgIpc) is 2.85. The second-order valence-electron chi connectivity index (χ2n) is 3.89. The van der Waals surface area contributed by atoms with E-state index in [1.165, 1.54) is 11.1 Å². The van der Waals surface area contributed by atoms with Gasteiger partial charge in [-0.3, -0.25) is 9.59 Å². The zero-order chi connectivity index (χ0) is 13.8. The van der Waals surface area contributed by atoms with E-state index >= 15 is 0 Å². The van der Waals surface area contributed by atoms with Gasteiger partial charge < -0.3 is 10.0 Å². The van der Waals surface area contributed by atoms with Gasteiger partial charge in [-0.15, -0.1) is 5.10 Å². The van der Waals surface area contributed by atoms with Crippen LogP contribution in [0.15, 0.2) is 36.5 Å². The summed E-state index contributed by atoms with van der Waals surface area (Å²) in [7, 11) is 1.62. The molecule has 7 nitrogen and oxygen atoms in total. The highest BCUT2D eigenvalue weighted by Gasteiger charge is 2.17. The molecule has 98 valence electrons. The summed E-state index contributed by atoms with van der Waals surface area (Å²) in [6.45, 7) is -0.324. The second-order valence-corrected chi connectivity index (χ2v) is 3.89. The topological polar surface area (TPSA) is 88.3 Å². The fraction of sp³-hybridized carbons (Fsp3) is 0.167. The van der Waals surface area contributed by atoms with Gasteiger partial charge in [-0.25, -0.2) is 4.68 Å². The molecule has 7 heteroatoms. The van der Waals surface area contributed by atoms with Gasteiger partial charge in [0.05, 0.1) is 6.20 Å². The van der Waals surface area contributed by atoms with Gasteiger partial charge in [0, 0.05) is 12.7 Å². The second kappa shape index (κ2) is 5.30. The van der Waals surface area contributed by atoms with Gasteiger partial charge in [0.25, 0.3) is 5.91 Å². The Morgan fingerprint density at radius 2 is 2.00 bits per heavy atom. The predicted octanol–water partition coefficient (Wildman–Crippen LogP) is 0.639. The lowest BCUT2D eigenvalue weighted by molar-refractivity contribution is -0.137. The number of anilines is 1. The first kappa shape index (κ1) is 12.7. The summed E-state index contributed by atoms with van der Waals surface area (Å²) in [6, 6.07) is 9.07. The van der Waals surface area contributed by atoms with Crippen molar-refractivity contribution in [2.75, 3.05) is 11.9 Å². The molecular weight excluding hydrogens is 248 g/mol. The highest BCUT2D eigenvalue weighted by Crippen LogP contribution is 2.13. The molecule has 2 rings (SSSR count). The van der Waals surface area contributed by atoms with Crippen LogP contribution in [0.3, 0.4) is 0 Å². The smallest absolute Gasteiger partial charge is 0.325 e. The Morgan fingerprint density at radius 1 is 1.32 bits per heavy atom. The Hall–Kier alpha value is -2.70. The highest BCUT2D eigenvalue weighted by molar-refractivity contribution is 6.04. The largest absolute Gasteiger partial charge is 0.480 e. The van der Waals surface area contributed by atoms with E-state index in [2.05, 4.69) is 10.3 Å². The van der Waals surface area contributed by atoms with Gasteiger partial charge in [0.15, 0.2) is 5.69 Å². The third-order valence-corrected chi connectivity index (χ3v) is 2.50. The Kier molecular flexibility index (Phi) is 3.56. The van der Waals surface area contributed by atoms with Crippen LogP contribution in [0.25, 0.3) is 0 Å². The monoisotopic (exact) mass is 260 g/mol. The van der Waals surface area contributed by atoms with Crippen molar-refractivity contribution in [2.24, 2.45) is 0 Å². The van der Waals surface area contributed by atoms with Crippen LogP contribution in [0.5, 0.6) is 0 Å². The Balaban J connectivity index is 2.15. The minimum Gasteiger partial charge on any atom is -0.480 e. The van der Waals surface area contributed by atoms with E-state index in [9.17, 15) is 9.59 Å². The number of carboxylic acids is 1. The molecule has 0 fully saturated rings. The summed E-state index contributed by atoms with van der Waals surface area (Å²) in [5.41, 5.74) is 0.827. The summed E-state index contributed by atoms with van der Waals surface area (Å²) >= 11 is 0. The van der Waals surface area contributed by atoms with E-state index in [1.807, 2.05) is 18.2 Å². The number of benzene rings is 1. The minimum atomic E-state index is -1.04. The first-order chi connectivity index (χ1) is 9.08. The van der Waals surface area contributed by atoms with Crippen LogP contribution < -0.4 is 4.90 Å². The van der Waals surface area contributed by atoms with Gasteiger partial charge >= 0.3 is 5.97 Å². The van der Waals surface area contributed by atoms with Crippen LogP contribution in [0.2, 0.25) is 0 Å². The fourth-order valence-electron chi connectivity index (χ4n) is 1.55. The number of carboxylic acid groups (broad SMARTS) is 1. The number of amides is 1. The molecule has 0 saturated carbocycles. The van der Waals surface area contributed by atoms with E-state index in [0.717, 1.165) is 10.4 Å². The van der Waals surface area contributed by atoms with Crippen molar-refractivity contribution in [1.82, 2.24) is 15.0 Å². The van der Waals surface area contributed by atoms with Crippen molar-refractivity contribution in [3.8, 4) is 0 Å². The minimum absolute atomic E-state index is 0.104. The summed E-state index contributed by atoms with van der Waals surface area (Å²) in [5.74, 6) is -1.39. The molecular formula is C12H12N4O3. The normalized spacial score (nSPS) is 10.2. The number of hydrogen-bond donors (Lipinski definition) is 1. The average molecular weight is 260 g/mol. The molecule has 0 unspecified atom stereocenters. The molecule has 1 amide bonds. The van der Waals surface area contributed by atoms with Crippen molar-refractivity contribution in [1.29, 1.82) is 0 Å². The van der Waals surface area contributed by atoms with Crippen molar-refractivity contribution >= 4 is 17.6 Å². The Bertz CT molecular complexity index is 594. The first-order valence-corrected chi connectivity index (χ1v) is 5.53. The third kappa shape index (κ3) is 2.95. The number of carbonyl (C=O) groups excluding carboxylic acids is 1. The SMILES string of the molecule is CN(C(=O)c1cn(CC(=O)O)nn1)c1ccccc1. The maximum absolute atomic E-state index is 12.1. The predicted molar refractivity (Wildman–Crippen MR) is 66.8 cm³/mol. The Morgan fingerprint density at radius 3 is 2.63 bits per heavy atom. The van der Waals surface area contributed by atoms with E-state index < -0.39 is 5.97 Å². The molecule has 0 atom stereocenters. The summed E-state index contributed by atoms with van der Waals surface area (Å²) in [6.07, 6.45) is 1.32. The number of nitrogens with zero attached hydrogens (tertiary/aromatic N) is 4. The third-order valence-electron chi connectivity index (χ3n) is 2.50. The molecule has 0 aliphatic heterocycles. The molecule has 1 aromatic heterocycles. The molecule has 0 spiro atoms. The number of hydrogen-bond acceptors (Lipinski definition) is 4. The van der Waals surface area contributed by atoms with Crippen LogP contribution >= 0.6 is 0 Å². The highest BCUT2D eigenvalue weighted by atomic mass is 16.4. The maximum atomic E-state index is 12.1. The van der Waals surface area contributed by atoms with E-state index in [0.29, 0.717) is 0 Å². The van der Waals surface area contributed by atoms with Crippen molar-refractivity contribution < 1.29 is 14.7 Å². The summed E-state index contributed by atoms with van der Waals surface area (Å²) in [4.78, 5) is 24.1. The van der Waals surface area contributed by atoms with Crippen LogP contribution in [-0.4, -0.2) is 39.0 Å². The van der Waals surface area contributed by atoms with Gasteiger partial charge in [-0.1, -0.05) is 23.4 Å². The van der Waals surface area contributed by atoms with Crippen molar-refractivity contribution in [2.45, 2.75) is 6.54 Å². The van der Waals surface area contributed by atoms with Gasteiger partial charge in [0.2, 0.25) is 0 Å². The van der Waals surface area contributed by atoms with Crippen molar-refractivity contribution in [3.05, 3.63) is 42.2 Å². The Labute approximate surface area is 109 Å². The molecule has 1 N–H and O–H groups in total. The molecule has 0 aliphatic carbocycles. The molecule has 1 aromatic carbocycles. The lowest BCUT2D eigenvalue weighted by Gasteiger charge is -2.15. The van der Waals surface area contributed by atoms with E-state index in [4.69, 9.17) is 5.11 Å². The lowest BCUT2D eigenvalue weighted by atomic mass is 10.3. The van der Waals surface area contributed by atoms with Crippen LogP contribution in [-0.2, 0) is 11.3 Å². The molecule has 2 aromatic rings. The maximum Gasteiger partial charge on any atom is 0.325 e. The zero-order valence-corrected chi connectivity index (χ0v) is 10.2. The van der Waals surface area contributed by atoms with Crippen LogP contribution in [0.4, 0.5) is 5.69 Å². The standard InChI is InChI=1S/C12H12N4O3/c1-15(9-5-3-2-4-6-9)12(19)10-7-16(14-13-10)8-11(17)18/h2-7H,8H2,1H3,(H,17,18). The lowest BCUT2D eigenvalue weighted by Crippen LogP contribution is -2.26. The number of aromatic nitrogens is 3. The van der Waals surface area contributed by atoms with Crippen LogP contribution in [0, 0.1) is 0 Å². The van der Waals surface area contributed by atoms with Crippen LogP contribution in [0.1, 0.15) is 10.5 Å². The van der Waals surface area contributed by atoms with Gasteiger partial charge in [-0.05, 0) is 12.1 Å². The number of carbonyl (C=O) groups is 2. The first-order valence-electron chi connectivity index (χ1n) is 5.53. The molecule has 1 heterocycles. The zero-order valence-electron chi connectivity index (χ0n) is 10.2. The van der Waals surface area contributed by atoms with Gasteiger partial charge in [0.1, 0.15) is 6.54 Å². The number of rotatable bonds is 4. The van der Waals surface area contributed by atoms with E-state index in [-0.39, 0.29) is 18.1 Å². The molecule has 0 aliphatic rings. The molecule has 19 heavy (non-hydrogen) atoms. The number of aliphatic carboxylic acids is 1.